The molecule has 0 saturated heterocycles. The van der Waals surface area contributed by atoms with Gasteiger partial charge in [-0.15, -0.1) is 0 Å². The fraction of sp³-hybridized carbons (Fsp3) is 0.727. The summed E-state index contributed by atoms with van der Waals surface area (Å²) in [5, 5.41) is 7.65. The van der Waals surface area contributed by atoms with E-state index in [-0.39, 0.29) is 0 Å². The Morgan fingerprint density at radius 1 is 1.56 bits per heavy atom. The van der Waals surface area contributed by atoms with Crippen molar-refractivity contribution >= 4 is 11.8 Å². The molecule has 1 heterocycles. The lowest BCUT2D eigenvalue weighted by atomic mass is 10.4. The van der Waals surface area contributed by atoms with E-state index in [0.717, 1.165) is 26.2 Å². The van der Waals surface area contributed by atoms with Crippen molar-refractivity contribution in [3.8, 4) is 0 Å². The molecule has 0 radical (unpaired) electrons. The smallest absolute Gasteiger partial charge is 0.0587 e. The zero-order valence-corrected chi connectivity index (χ0v) is 10.9. The number of hydrogen-bond donors (Lipinski definition) is 1. The maximum atomic E-state index is 4.98. The molecule has 0 aliphatic carbocycles. The van der Waals surface area contributed by atoms with E-state index in [1.807, 2.05) is 18.0 Å². The standard InChI is InChI=1S/C11H21N3OS/c1-15-8-6-12-10-11-4-5-13-14(11)7-3-9-16-2/h4-5,12H,3,6-10H2,1-2H3. The third-order valence-electron chi connectivity index (χ3n) is 2.31. The van der Waals surface area contributed by atoms with E-state index < -0.39 is 0 Å². The molecule has 1 rings (SSSR count). The fourth-order valence-electron chi connectivity index (χ4n) is 1.46. The van der Waals surface area contributed by atoms with Crippen LogP contribution < -0.4 is 5.32 Å². The molecule has 0 aliphatic heterocycles. The van der Waals surface area contributed by atoms with Crippen molar-refractivity contribution in [2.75, 3.05) is 32.3 Å². The summed E-state index contributed by atoms with van der Waals surface area (Å²) < 4.78 is 7.06. The van der Waals surface area contributed by atoms with Gasteiger partial charge < -0.3 is 10.1 Å². The average molecular weight is 243 g/mol. The average Bonchev–Trinajstić information content (AvgIpc) is 2.73. The van der Waals surface area contributed by atoms with Gasteiger partial charge in [0.15, 0.2) is 0 Å². The van der Waals surface area contributed by atoms with Crippen molar-refractivity contribution < 1.29 is 4.74 Å². The molecule has 0 aromatic carbocycles. The fourth-order valence-corrected chi connectivity index (χ4v) is 1.88. The highest BCUT2D eigenvalue weighted by molar-refractivity contribution is 7.98. The molecule has 0 spiro atoms. The highest BCUT2D eigenvalue weighted by Gasteiger charge is 2.01. The molecule has 1 aromatic heterocycles. The number of hydrogen-bond acceptors (Lipinski definition) is 4. The molecule has 0 unspecified atom stereocenters. The first-order valence-corrected chi connectivity index (χ1v) is 6.97. The third-order valence-corrected chi connectivity index (χ3v) is 3.01. The molecule has 5 heteroatoms. The first-order chi connectivity index (χ1) is 7.88. The van der Waals surface area contributed by atoms with Gasteiger partial charge in [0.1, 0.15) is 0 Å². The highest BCUT2D eigenvalue weighted by atomic mass is 32.2. The normalized spacial score (nSPS) is 10.9. The number of nitrogens with zero attached hydrogens (tertiary/aromatic N) is 2. The molecule has 16 heavy (non-hydrogen) atoms. The van der Waals surface area contributed by atoms with Crippen LogP contribution in [-0.2, 0) is 17.8 Å². The van der Waals surface area contributed by atoms with Crippen molar-refractivity contribution in [1.29, 1.82) is 0 Å². The summed E-state index contributed by atoms with van der Waals surface area (Å²) in [5.74, 6) is 1.19. The predicted molar refractivity (Wildman–Crippen MR) is 68.8 cm³/mol. The van der Waals surface area contributed by atoms with Gasteiger partial charge in [-0.05, 0) is 24.5 Å². The van der Waals surface area contributed by atoms with Crippen molar-refractivity contribution in [2.45, 2.75) is 19.5 Å². The van der Waals surface area contributed by atoms with Crippen LogP contribution >= 0.6 is 11.8 Å². The van der Waals surface area contributed by atoms with Gasteiger partial charge in [0.2, 0.25) is 0 Å². The summed E-state index contributed by atoms with van der Waals surface area (Å²) in [6, 6.07) is 2.07. The van der Waals surface area contributed by atoms with Gasteiger partial charge in [-0.3, -0.25) is 4.68 Å². The SMILES string of the molecule is COCCNCc1ccnn1CCCSC. The van der Waals surface area contributed by atoms with Crippen molar-refractivity contribution in [3.63, 3.8) is 0 Å². The van der Waals surface area contributed by atoms with Crippen LogP contribution in [-0.4, -0.2) is 42.1 Å². The number of ether oxygens (including phenoxy) is 1. The molecule has 1 N–H and O–H groups in total. The molecule has 0 amide bonds. The lowest BCUT2D eigenvalue weighted by Gasteiger charge is -2.08. The highest BCUT2D eigenvalue weighted by Crippen LogP contribution is 2.02. The quantitative estimate of drug-likeness (QED) is 0.665. The summed E-state index contributed by atoms with van der Waals surface area (Å²) in [6.45, 7) is 3.50. The molecule has 0 atom stereocenters. The van der Waals surface area contributed by atoms with E-state index in [2.05, 4.69) is 27.4 Å². The Morgan fingerprint density at radius 2 is 2.44 bits per heavy atom. The summed E-state index contributed by atoms with van der Waals surface area (Å²) in [5.41, 5.74) is 1.25. The molecule has 4 nitrogen and oxygen atoms in total. The molecule has 0 aliphatic rings. The van der Waals surface area contributed by atoms with Gasteiger partial charge in [0.05, 0.1) is 12.3 Å². The number of methoxy groups -OCH3 is 1. The minimum absolute atomic E-state index is 0.751. The molecule has 1 aromatic rings. The molecule has 92 valence electrons. The maximum absolute atomic E-state index is 4.98. The van der Waals surface area contributed by atoms with Crippen LogP contribution in [0.2, 0.25) is 0 Å². The minimum atomic E-state index is 0.751. The second-order valence-electron chi connectivity index (χ2n) is 3.56. The van der Waals surface area contributed by atoms with Gasteiger partial charge in [0, 0.05) is 32.9 Å². The number of aryl methyl sites for hydroxylation is 1. The Hall–Kier alpha value is -0.520. The Morgan fingerprint density at radius 3 is 3.19 bits per heavy atom. The van der Waals surface area contributed by atoms with Crippen molar-refractivity contribution in [2.24, 2.45) is 0 Å². The third kappa shape index (κ3) is 5.01. The van der Waals surface area contributed by atoms with Crippen LogP contribution in [0.15, 0.2) is 12.3 Å². The van der Waals surface area contributed by atoms with Crippen LogP contribution in [0, 0.1) is 0 Å². The number of thioether (sulfide) groups is 1. The molecule has 0 saturated carbocycles. The van der Waals surface area contributed by atoms with E-state index in [9.17, 15) is 0 Å². The van der Waals surface area contributed by atoms with Crippen molar-refractivity contribution in [1.82, 2.24) is 15.1 Å². The number of rotatable bonds is 9. The Balaban J connectivity index is 2.26. The Bertz CT molecular complexity index is 278. The summed E-state index contributed by atoms with van der Waals surface area (Å²) in [4.78, 5) is 0. The topological polar surface area (TPSA) is 39.1 Å². The van der Waals surface area contributed by atoms with E-state index in [4.69, 9.17) is 4.74 Å². The van der Waals surface area contributed by atoms with Crippen LogP contribution in [0.3, 0.4) is 0 Å². The van der Waals surface area contributed by atoms with Crippen LogP contribution in [0.25, 0.3) is 0 Å². The lowest BCUT2D eigenvalue weighted by Crippen LogP contribution is -2.21. The van der Waals surface area contributed by atoms with E-state index in [0.29, 0.717) is 0 Å². The van der Waals surface area contributed by atoms with Gasteiger partial charge in [-0.2, -0.15) is 16.9 Å². The maximum Gasteiger partial charge on any atom is 0.0587 e. The van der Waals surface area contributed by atoms with Gasteiger partial charge in [0.25, 0.3) is 0 Å². The van der Waals surface area contributed by atoms with Crippen LogP contribution in [0.4, 0.5) is 0 Å². The zero-order chi connectivity index (χ0) is 11.6. The number of aromatic nitrogens is 2. The van der Waals surface area contributed by atoms with Crippen molar-refractivity contribution in [3.05, 3.63) is 18.0 Å². The molecule has 0 bridgehead atoms. The number of nitrogens with one attached hydrogen (secondary N) is 1. The van der Waals surface area contributed by atoms with Gasteiger partial charge >= 0.3 is 0 Å². The second-order valence-corrected chi connectivity index (χ2v) is 4.55. The summed E-state index contributed by atoms with van der Waals surface area (Å²) >= 11 is 1.88. The largest absolute Gasteiger partial charge is 0.383 e. The second kappa shape index (κ2) is 8.61. The summed E-state index contributed by atoms with van der Waals surface area (Å²) in [7, 11) is 1.72. The Kier molecular flexibility index (Phi) is 7.29. The molecular weight excluding hydrogens is 222 g/mol. The predicted octanol–water partition coefficient (Wildman–Crippen LogP) is 1.37. The first kappa shape index (κ1) is 13.5. The summed E-state index contributed by atoms with van der Waals surface area (Å²) in [6.07, 6.45) is 5.18. The monoisotopic (exact) mass is 243 g/mol. The van der Waals surface area contributed by atoms with E-state index in [1.165, 1.54) is 17.9 Å². The van der Waals surface area contributed by atoms with Gasteiger partial charge in [-0.1, -0.05) is 0 Å². The van der Waals surface area contributed by atoms with Gasteiger partial charge in [-0.25, -0.2) is 0 Å². The van der Waals surface area contributed by atoms with Crippen LogP contribution in [0.5, 0.6) is 0 Å². The van der Waals surface area contributed by atoms with E-state index in [1.54, 1.807) is 7.11 Å². The minimum Gasteiger partial charge on any atom is -0.383 e. The molecular formula is C11H21N3OS. The lowest BCUT2D eigenvalue weighted by molar-refractivity contribution is 0.199. The molecule has 0 fully saturated rings. The van der Waals surface area contributed by atoms with E-state index >= 15 is 0 Å². The first-order valence-electron chi connectivity index (χ1n) is 5.57. The van der Waals surface area contributed by atoms with Crippen LogP contribution in [0.1, 0.15) is 12.1 Å². The zero-order valence-electron chi connectivity index (χ0n) is 10.1. The Labute approximate surface area is 102 Å².